The average molecular weight is 198 g/mol. The van der Waals surface area contributed by atoms with Gasteiger partial charge in [0.05, 0.1) is 0 Å². The van der Waals surface area contributed by atoms with Crippen molar-refractivity contribution in [1.29, 1.82) is 0 Å². The number of carbonyl (C=O) groups excluding carboxylic acids is 1. The van der Waals surface area contributed by atoms with E-state index in [1.54, 1.807) is 12.1 Å². The molecule has 0 saturated heterocycles. The Morgan fingerprint density at radius 3 is 2.77 bits per heavy atom. The van der Waals surface area contributed by atoms with Crippen LogP contribution >= 0.6 is 11.6 Å². The maximum Gasteiger partial charge on any atom is 0.228 e. The Morgan fingerprint density at radius 1 is 1.46 bits per heavy atom. The lowest BCUT2D eigenvalue weighted by Crippen LogP contribution is -2.14. The summed E-state index contributed by atoms with van der Waals surface area (Å²) in [6.07, 6.45) is 1.96. The molecule has 68 valence electrons. The fourth-order valence-corrected chi connectivity index (χ4v) is 1.06. The highest BCUT2D eigenvalue weighted by molar-refractivity contribution is 6.29. The van der Waals surface area contributed by atoms with Gasteiger partial charge in [-0.3, -0.25) is 4.79 Å². The van der Waals surface area contributed by atoms with Crippen molar-refractivity contribution in [3.05, 3.63) is 17.3 Å². The molecule has 0 aliphatic heterocycles. The van der Waals surface area contributed by atoms with Gasteiger partial charge in [-0.1, -0.05) is 11.6 Å². The first-order valence-corrected chi connectivity index (χ1v) is 4.43. The van der Waals surface area contributed by atoms with E-state index in [0.29, 0.717) is 11.0 Å². The molecule has 0 bridgehead atoms. The van der Waals surface area contributed by atoms with Gasteiger partial charge in [0.1, 0.15) is 0 Å². The summed E-state index contributed by atoms with van der Waals surface area (Å²) < 4.78 is 0. The summed E-state index contributed by atoms with van der Waals surface area (Å²) in [7, 11) is 0. The van der Waals surface area contributed by atoms with E-state index in [0.717, 1.165) is 12.8 Å². The third-order valence-electron chi connectivity index (χ3n) is 1.83. The SMILES string of the molecule is O=C(Nc1ccc(Cl)nn1)C1CC1. The van der Waals surface area contributed by atoms with Crippen LogP contribution in [0.3, 0.4) is 0 Å². The highest BCUT2D eigenvalue weighted by Gasteiger charge is 2.29. The molecule has 4 nitrogen and oxygen atoms in total. The number of aromatic nitrogens is 2. The van der Waals surface area contributed by atoms with Crippen molar-refractivity contribution >= 4 is 23.3 Å². The van der Waals surface area contributed by atoms with Gasteiger partial charge in [0.25, 0.3) is 0 Å². The minimum absolute atomic E-state index is 0.0247. The topological polar surface area (TPSA) is 54.9 Å². The zero-order chi connectivity index (χ0) is 9.26. The van der Waals surface area contributed by atoms with Crippen molar-refractivity contribution in [2.24, 2.45) is 5.92 Å². The molecule has 1 aromatic heterocycles. The van der Waals surface area contributed by atoms with E-state index in [1.165, 1.54) is 0 Å². The van der Waals surface area contributed by atoms with Gasteiger partial charge < -0.3 is 5.32 Å². The molecular weight excluding hydrogens is 190 g/mol. The maximum atomic E-state index is 11.2. The Hall–Kier alpha value is -1.16. The summed E-state index contributed by atoms with van der Waals surface area (Å²) in [5, 5.41) is 10.3. The number of halogens is 1. The zero-order valence-electron chi connectivity index (χ0n) is 6.83. The van der Waals surface area contributed by atoms with Gasteiger partial charge in [-0.15, -0.1) is 10.2 Å². The smallest absolute Gasteiger partial charge is 0.228 e. The van der Waals surface area contributed by atoms with Crippen LogP contribution in [0, 0.1) is 5.92 Å². The standard InChI is InChI=1S/C8H8ClN3O/c9-6-3-4-7(12-11-6)10-8(13)5-1-2-5/h3-5H,1-2H2,(H,10,12,13). The van der Waals surface area contributed by atoms with Crippen molar-refractivity contribution in [2.45, 2.75) is 12.8 Å². The highest BCUT2D eigenvalue weighted by Crippen LogP contribution is 2.29. The summed E-state index contributed by atoms with van der Waals surface area (Å²) in [5.74, 6) is 0.662. The van der Waals surface area contributed by atoms with Crippen LogP contribution in [0.2, 0.25) is 5.15 Å². The molecule has 2 rings (SSSR count). The fraction of sp³-hybridized carbons (Fsp3) is 0.375. The average Bonchev–Trinajstić information content (AvgIpc) is 2.91. The minimum atomic E-state index is 0.0247. The van der Waals surface area contributed by atoms with Gasteiger partial charge in [0.15, 0.2) is 11.0 Å². The molecule has 1 aliphatic carbocycles. The Morgan fingerprint density at radius 2 is 2.23 bits per heavy atom. The zero-order valence-corrected chi connectivity index (χ0v) is 7.58. The Bertz CT molecular complexity index is 321. The third kappa shape index (κ3) is 2.15. The number of nitrogens with one attached hydrogen (secondary N) is 1. The molecule has 0 radical (unpaired) electrons. The lowest BCUT2D eigenvalue weighted by Gasteiger charge is -2.00. The van der Waals surface area contributed by atoms with Crippen molar-refractivity contribution < 1.29 is 4.79 Å². The number of hydrogen-bond donors (Lipinski definition) is 1. The molecule has 0 atom stereocenters. The molecule has 0 spiro atoms. The molecule has 0 unspecified atom stereocenters. The number of nitrogens with zero attached hydrogens (tertiary/aromatic N) is 2. The van der Waals surface area contributed by atoms with Crippen molar-refractivity contribution in [3.63, 3.8) is 0 Å². The number of amides is 1. The predicted octanol–water partition coefficient (Wildman–Crippen LogP) is 1.48. The largest absolute Gasteiger partial charge is 0.309 e. The molecule has 0 aromatic carbocycles. The first-order chi connectivity index (χ1) is 6.25. The van der Waals surface area contributed by atoms with Crippen LogP contribution in [-0.4, -0.2) is 16.1 Å². The van der Waals surface area contributed by atoms with Crippen molar-refractivity contribution in [1.82, 2.24) is 10.2 Å². The van der Waals surface area contributed by atoms with Gasteiger partial charge in [-0.2, -0.15) is 0 Å². The van der Waals surface area contributed by atoms with Crippen LogP contribution in [0.15, 0.2) is 12.1 Å². The quantitative estimate of drug-likeness (QED) is 0.782. The van der Waals surface area contributed by atoms with Crippen LogP contribution in [-0.2, 0) is 4.79 Å². The van der Waals surface area contributed by atoms with Gasteiger partial charge >= 0.3 is 0 Å². The summed E-state index contributed by atoms with van der Waals surface area (Å²) in [4.78, 5) is 11.2. The first kappa shape index (κ1) is 8.44. The van der Waals surface area contributed by atoms with E-state index >= 15 is 0 Å². The molecule has 1 aliphatic rings. The molecule has 1 heterocycles. The molecule has 13 heavy (non-hydrogen) atoms. The molecule has 5 heteroatoms. The van der Waals surface area contributed by atoms with Crippen LogP contribution < -0.4 is 5.32 Å². The van der Waals surface area contributed by atoms with Crippen molar-refractivity contribution in [2.75, 3.05) is 5.32 Å². The molecule has 1 saturated carbocycles. The highest BCUT2D eigenvalue weighted by atomic mass is 35.5. The second kappa shape index (κ2) is 3.30. The number of rotatable bonds is 2. The Labute approximate surface area is 80.3 Å². The second-order valence-corrected chi connectivity index (χ2v) is 3.39. The third-order valence-corrected chi connectivity index (χ3v) is 2.03. The summed E-state index contributed by atoms with van der Waals surface area (Å²) in [6.45, 7) is 0. The molecule has 1 N–H and O–H groups in total. The van der Waals surface area contributed by atoms with Crippen LogP contribution in [0.25, 0.3) is 0 Å². The molecule has 1 aromatic rings. The van der Waals surface area contributed by atoms with E-state index in [2.05, 4.69) is 15.5 Å². The van der Waals surface area contributed by atoms with E-state index in [-0.39, 0.29) is 11.8 Å². The van der Waals surface area contributed by atoms with Crippen molar-refractivity contribution in [3.8, 4) is 0 Å². The van der Waals surface area contributed by atoms with E-state index in [1.807, 2.05) is 0 Å². The summed E-state index contributed by atoms with van der Waals surface area (Å²) in [6, 6.07) is 3.23. The normalized spacial score (nSPS) is 15.5. The molecule has 1 amide bonds. The van der Waals surface area contributed by atoms with E-state index < -0.39 is 0 Å². The van der Waals surface area contributed by atoms with Gasteiger partial charge in [-0.25, -0.2) is 0 Å². The van der Waals surface area contributed by atoms with Gasteiger partial charge in [-0.05, 0) is 25.0 Å². The second-order valence-electron chi connectivity index (χ2n) is 3.00. The fourth-order valence-electron chi connectivity index (χ4n) is 0.956. The van der Waals surface area contributed by atoms with Gasteiger partial charge in [0.2, 0.25) is 5.91 Å². The number of anilines is 1. The molecular formula is C8H8ClN3O. The van der Waals surface area contributed by atoms with Gasteiger partial charge in [0, 0.05) is 5.92 Å². The summed E-state index contributed by atoms with van der Waals surface area (Å²) in [5.41, 5.74) is 0. The van der Waals surface area contributed by atoms with E-state index in [4.69, 9.17) is 11.6 Å². The molecule has 1 fully saturated rings. The number of hydrogen-bond acceptors (Lipinski definition) is 3. The Kier molecular flexibility index (Phi) is 2.14. The maximum absolute atomic E-state index is 11.2. The number of carbonyl (C=O) groups is 1. The van der Waals surface area contributed by atoms with Crippen LogP contribution in [0.4, 0.5) is 5.82 Å². The van der Waals surface area contributed by atoms with Crippen LogP contribution in [0.1, 0.15) is 12.8 Å². The Balaban J connectivity index is 2.00. The lowest BCUT2D eigenvalue weighted by molar-refractivity contribution is -0.117. The lowest BCUT2D eigenvalue weighted by atomic mass is 10.4. The summed E-state index contributed by atoms with van der Waals surface area (Å²) >= 11 is 5.54. The van der Waals surface area contributed by atoms with Crippen LogP contribution in [0.5, 0.6) is 0 Å². The predicted molar refractivity (Wildman–Crippen MR) is 48.4 cm³/mol. The minimum Gasteiger partial charge on any atom is -0.309 e. The van der Waals surface area contributed by atoms with E-state index in [9.17, 15) is 4.79 Å². The first-order valence-electron chi connectivity index (χ1n) is 4.06. The monoisotopic (exact) mass is 197 g/mol.